The first-order valence-electron chi connectivity index (χ1n) is 7.54. The summed E-state index contributed by atoms with van der Waals surface area (Å²) in [4.78, 5) is 14.9. The van der Waals surface area contributed by atoms with Crippen LogP contribution in [0.15, 0.2) is 36.9 Å². The van der Waals surface area contributed by atoms with Crippen LogP contribution >= 0.6 is 0 Å². The van der Waals surface area contributed by atoms with Crippen LogP contribution in [0.5, 0.6) is 0 Å². The van der Waals surface area contributed by atoms with Crippen LogP contribution in [-0.2, 0) is 11.2 Å². The topological polar surface area (TPSA) is 32.3 Å². The monoisotopic (exact) mass is 270 g/mol. The highest BCUT2D eigenvalue weighted by atomic mass is 16.1. The predicted octanol–water partition coefficient (Wildman–Crippen LogP) is 2.52. The first-order valence-corrected chi connectivity index (χ1v) is 7.54. The molecule has 1 aromatic carbocycles. The van der Waals surface area contributed by atoms with E-state index in [1.807, 2.05) is 0 Å². The van der Waals surface area contributed by atoms with Crippen molar-refractivity contribution in [3.05, 3.63) is 42.5 Å². The molecule has 2 unspecified atom stereocenters. The molecule has 0 saturated carbocycles. The van der Waals surface area contributed by atoms with E-state index >= 15 is 0 Å². The highest BCUT2D eigenvalue weighted by molar-refractivity contribution is 5.82. The van der Waals surface area contributed by atoms with Gasteiger partial charge < -0.3 is 10.2 Å². The average molecular weight is 270 g/mol. The zero-order valence-corrected chi connectivity index (χ0v) is 11.8. The molecule has 20 heavy (non-hydrogen) atoms. The quantitative estimate of drug-likeness (QED) is 0.856. The van der Waals surface area contributed by atoms with Crippen molar-refractivity contribution in [2.24, 2.45) is 5.92 Å². The summed E-state index contributed by atoms with van der Waals surface area (Å²) in [6, 6.07) is 8.90. The third-order valence-corrected chi connectivity index (χ3v) is 4.51. The van der Waals surface area contributed by atoms with Gasteiger partial charge in [-0.3, -0.25) is 4.79 Å². The van der Waals surface area contributed by atoms with Crippen molar-refractivity contribution < 1.29 is 4.79 Å². The van der Waals surface area contributed by atoms with Crippen molar-refractivity contribution in [3.63, 3.8) is 0 Å². The number of piperidine rings is 1. The number of benzene rings is 1. The number of nitrogens with one attached hydrogen (secondary N) is 1. The fraction of sp³-hybridized carbons (Fsp3) is 0.471. The van der Waals surface area contributed by atoms with Gasteiger partial charge in [0, 0.05) is 24.8 Å². The molecule has 2 heterocycles. The normalized spacial score (nSPS) is 24.5. The van der Waals surface area contributed by atoms with Crippen LogP contribution in [0.3, 0.4) is 0 Å². The highest BCUT2D eigenvalue weighted by Gasteiger charge is 2.39. The molecule has 1 saturated heterocycles. The number of anilines is 1. The zero-order valence-electron chi connectivity index (χ0n) is 11.8. The highest BCUT2D eigenvalue weighted by Crippen LogP contribution is 2.38. The van der Waals surface area contributed by atoms with E-state index in [0.29, 0.717) is 12.6 Å². The molecule has 3 heteroatoms. The fourth-order valence-electron chi connectivity index (χ4n) is 3.58. The minimum absolute atomic E-state index is 0.0742. The Balaban J connectivity index is 1.89. The molecule has 0 spiro atoms. The maximum Gasteiger partial charge on any atom is 0.225 e. The number of amides is 1. The molecule has 1 aromatic rings. The van der Waals surface area contributed by atoms with Gasteiger partial charge in [0.25, 0.3) is 0 Å². The van der Waals surface area contributed by atoms with E-state index in [0.717, 1.165) is 19.4 Å². The lowest BCUT2D eigenvalue weighted by atomic mass is 9.80. The standard InChI is InChI=1S/C17H22N2O/c1-2-10-18-17(20)14-12-13-7-3-4-8-15(13)19-11-6-5-9-16(14)19/h2-4,7-8,14,16H,1,5-6,9-12H2,(H,18,20). The SMILES string of the molecule is C=CCNC(=O)C1Cc2ccccc2N2CCCCC12. The Hall–Kier alpha value is -1.77. The van der Waals surface area contributed by atoms with Crippen molar-refractivity contribution in [1.82, 2.24) is 5.32 Å². The van der Waals surface area contributed by atoms with Crippen LogP contribution < -0.4 is 10.2 Å². The van der Waals surface area contributed by atoms with Crippen LogP contribution in [0.4, 0.5) is 5.69 Å². The lowest BCUT2D eigenvalue weighted by Crippen LogP contribution is -2.53. The van der Waals surface area contributed by atoms with E-state index in [9.17, 15) is 4.79 Å². The predicted molar refractivity (Wildman–Crippen MR) is 81.8 cm³/mol. The maximum absolute atomic E-state index is 12.4. The number of nitrogens with zero attached hydrogens (tertiary/aromatic N) is 1. The van der Waals surface area contributed by atoms with E-state index < -0.39 is 0 Å². The van der Waals surface area contributed by atoms with E-state index in [1.165, 1.54) is 24.1 Å². The Labute approximate surface area is 120 Å². The molecule has 3 rings (SSSR count). The lowest BCUT2D eigenvalue weighted by molar-refractivity contribution is -0.125. The van der Waals surface area contributed by atoms with Crippen molar-refractivity contribution in [1.29, 1.82) is 0 Å². The van der Waals surface area contributed by atoms with Crippen LogP contribution in [0.25, 0.3) is 0 Å². The Morgan fingerprint density at radius 1 is 1.40 bits per heavy atom. The second-order valence-electron chi connectivity index (χ2n) is 5.73. The summed E-state index contributed by atoms with van der Waals surface area (Å²) in [6.07, 6.45) is 6.19. The first kappa shape index (κ1) is 13.2. The van der Waals surface area contributed by atoms with E-state index in [1.54, 1.807) is 6.08 Å². The third-order valence-electron chi connectivity index (χ3n) is 4.51. The van der Waals surface area contributed by atoms with E-state index in [-0.39, 0.29) is 11.8 Å². The molecule has 106 valence electrons. The first-order chi connectivity index (χ1) is 9.81. The van der Waals surface area contributed by atoms with Gasteiger partial charge in [0.1, 0.15) is 0 Å². The van der Waals surface area contributed by atoms with Crippen LogP contribution in [-0.4, -0.2) is 25.0 Å². The molecule has 2 aliphatic rings. The van der Waals surface area contributed by atoms with Gasteiger partial charge in [0.15, 0.2) is 0 Å². The number of hydrogen-bond acceptors (Lipinski definition) is 2. The summed E-state index contributed by atoms with van der Waals surface area (Å²) in [5.41, 5.74) is 2.65. The summed E-state index contributed by atoms with van der Waals surface area (Å²) in [5, 5.41) is 2.98. The summed E-state index contributed by atoms with van der Waals surface area (Å²) in [6.45, 7) is 5.31. The molecule has 1 amide bonds. The molecule has 3 nitrogen and oxygen atoms in total. The Morgan fingerprint density at radius 2 is 2.25 bits per heavy atom. The van der Waals surface area contributed by atoms with E-state index in [4.69, 9.17) is 0 Å². The number of rotatable bonds is 3. The van der Waals surface area contributed by atoms with Crippen molar-refractivity contribution in [2.75, 3.05) is 18.0 Å². The van der Waals surface area contributed by atoms with Gasteiger partial charge in [-0.15, -0.1) is 6.58 Å². The van der Waals surface area contributed by atoms with Gasteiger partial charge in [-0.2, -0.15) is 0 Å². The molecule has 1 fully saturated rings. The molecular formula is C17H22N2O. The Morgan fingerprint density at radius 3 is 3.10 bits per heavy atom. The van der Waals surface area contributed by atoms with Crippen molar-refractivity contribution in [3.8, 4) is 0 Å². The van der Waals surface area contributed by atoms with Crippen LogP contribution in [0.2, 0.25) is 0 Å². The van der Waals surface area contributed by atoms with E-state index in [2.05, 4.69) is 41.1 Å². The second-order valence-corrected chi connectivity index (χ2v) is 5.73. The molecule has 2 aliphatic heterocycles. The molecule has 0 bridgehead atoms. The number of carbonyl (C=O) groups is 1. The van der Waals surface area contributed by atoms with Gasteiger partial charge in [-0.05, 0) is 37.3 Å². The van der Waals surface area contributed by atoms with Crippen molar-refractivity contribution >= 4 is 11.6 Å². The summed E-state index contributed by atoms with van der Waals surface area (Å²) in [7, 11) is 0. The molecule has 0 aliphatic carbocycles. The largest absolute Gasteiger partial charge is 0.368 e. The third kappa shape index (κ3) is 2.33. The number of para-hydroxylation sites is 1. The number of fused-ring (bicyclic) bond motifs is 3. The Kier molecular flexibility index (Phi) is 3.77. The fourth-order valence-corrected chi connectivity index (χ4v) is 3.58. The molecule has 0 radical (unpaired) electrons. The molecule has 1 N–H and O–H groups in total. The van der Waals surface area contributed by atoms with Gasteiger partial charge in [-0.1, -0.05) is 24.3 Å². The number of hydrogen-bond donors (Lipinski definition) is 1. The van der Waals surface area contributed by atoms with Gasteiger partial charge in [0.05, 0.1) is 5.92 Å². The summed E-state index contributed by atoms with van der Waals surface area (Å²) in [5.74, 6) is 0.251. The second kappa shape index (κ2) is 5.70. The average Bonchev–Trinajstić information content (AvgIpc) is 2.52. The maximum atomic E-state index is 12.4. The van der Waals surface area contributed by atoms with Crippen LogP contribution in [0, 0.1) is 5.92 Å². The number of carbonyl (C=O) groups excluding carboxylic acids is 1. The minimum atomic E-state index is 0.0742. The van der Waals surface area contributed by atoms with Gasteiger partial charge in [0.2, 0.25) is 5.91 Å². The van der Waals surface area contributed by atoms with Gasteiger partial charge in [-0.25, -0.2) is 0 Å². The molecular weight excluding hydrogens is 248 g/mol. The summed E-state index contributed by atoms with van der Waals surface area (Å²) >= 11 is 0. The molecule has 0 aromatic heterocycles. The Bertz CT molecular complexity index is 511. The van der Waals surface area contributed by atoms with Crippen LogP contribution in [0.1, 0.15) is 24.8 Å². The van der Waals surface area contributed by atoms with Crippen molar-refractivity contribution in [2.45, 2.75) is 31.7 Å². The summed E-state index contributed by atoms with van der Waals surface area (Å²) < 4.78 is 0. The van der Waals surface area contributed by atoms with Gasteiger partial charge >= 0.3 is 0 Å². The minimum Gasteiger partial charge on any atom is -0.368 e. The zero-order chi connectivity index (χ0) is 13.9. The lowest BCUT2D eigenvalue weighted by Gasteiger charge is -2.46. The smallest absolute Gasteiger partial charge is 0.225 e. The molecule has 2 atom stereocenters.